The SMILES string of the molecule is [2H][13C]1([2H])CC[C@@H](C(=O)O)N1. The highest BCUT2D eigenvalue weighted by molar-refractivity contribution is 5.73. The average Bonchev–Trinajstić information content (AvgIpc) is 2.10. The maximum atomic E-state index is 10.3. The number of aliphatic carboxylic acids is 1. The van der Waals surface area contributed by atoms with Crippen molar-refractivity contribution in [2.24, 2.45) is 0 Å². The van der Waals surface area contributed by atoms with Crippen molar-refractivity contribution in [3.8, 4) is 0 Å². The van der Waals surface area contributed by atoms with Gasteiger partial charge in [0.2, 0.25) is 0 Å². The molecule has 0 radical (unpaired) electrons. The predicted molar refractivity (Wildman–Crippen MR) is 28.7 cm³/mol. The van der Waals surface area contributed by atoms with E-state index in [0.717, 1.165) is 0 Å². The van der Waals surface area contributed by atoms with Gasteiger partial charge >= 0.3 is 5.97 Å². The van der Waals surface area contributed by atoms with Gasteiger partial charge in [0.05, 0.1) is 0 Å². The van der Waals surface area contributed by atoms with E-state index in [4.69, 9.17) is 7.85 Å². The largest absolute Gasteiger partial charge is 0.480 e. The summed E-state index contributed by atoms with van der Waals surface area (Å²) in [6, 6.07) is -0.699. The summed E-state index contributed by atoms with van der Waals surface area (Å²) in [6.07, 6.45) is 0.659. The molecule has 1 atom stereocenters. The van der Waals surface area contributed by atoms with Crippen LogP contribution in [0, 0.1) is 0 Å². The minimum atomic E-state index is -1.48. The van der Waals surface area contributed by atoms with Crippen LogP contribution in [0.15, 0.2) is 0 Å². The van der Waals surface area contributed by atoms with Gasteiger partial charge in [0.25, 0.3) is 0 Å². The van der Waals surface area contributed by atoms with Crippen LogP contribution < -0.4 is 5.32 Å². The van der Waals surface area contributed by atoms with Crippen molar-refractivity contribution in [1.82, 2.24) is 5.32 Å². The number of rotatable bonds is 1. The van der Waals surface area contributed by atoms with Crippen molar-refractivity contribution >= 4 is 5.97 Å². The smallest absolute Gasteiger partial charge is 0.320 e. The van der Waals surface area contributed by atoms with Crippen LogP contribution in [-0.2, 0) is 4.79 Å². The van der Waals surface area contributed by atoms with E-state index in [2.05, 4.69) is 5.32 Å². The quantitative estimate of drug-likeness (QED) is 0.470. The first-order chi connectivity index (χ1) is 4.51. The molecule has 8 heavy (non-hydrogen) atoms. The Bertz CT molecular complexity index is 160. The molecule has 1 saturated heterocycles. The summed E-state index contributed by atoms with van der Waals surface area (Å²) >= 11 is 0. The summed E-state index contributed by atoms with van der Waals surface area (Å²) in [5.74, 6) is -0.971. The Kier molecular flexibility index (Phi) is 0.921. The van der Waals surface area contributed by atoms with Gasteiger partial charge in [-0.1, -0.05) is 0 Å². The van der Waals surface area contributed by atoms with E-state index in [1.54, 1.807) is 0 Å². The lowest BCUT2D eigenvalue weighted by atomic mass is 10.2. The van der Waals surface area contributed by atoms with Gasteiger partial charge < -0.3 is 10.4 Å². The third-order valence-corrected chi connectivity index (χ3v) is 1.13. The van der Waals surface area contributed by atoms with E-state index in [1.807, 2.05) is 0 Å². The lowest BCUT2D eigenvalue weighted by Crippen LogP contribution is -2.29. The zero-order valence-electron chi connectivity index (χ0n) is 6.35. The molecule has 2 N–H and O–H groups in total. The summed E-state index contributed by atoms with van der Waals surface area (Å²) in [5, 5.41) is 10.8. The van der Waals surface area contributed by atoms with Gasteiger partial charge in [0, 0.05) is 2.74 Å². The minimum Gasteiger partial charge on any atom is -0.480 e. The summed E-state index contributed by atoms with van der Waals surface area (Å²) < 4.78 is 14.2. The molecule has 1 aliphatic heterocycles. The van der Waals surface area contributed by atoms with Crippen LogP contribution in [-0.4, -0.2) is 23.6 Å². The first-order valence-electron chi connectivity index (χ1n) is 3.52. The standard InChI is InChI=1S/C5H9NO2/c7-5(8)4-2-1-3-6-4/h4,6H,1-3H2,(H,7,8)/t4-/m0/s1/i3+1D2. The zero-order chi connectivity index (χ0) is 7.78. The molecule has 0 aromatic carbocycles. The van der Waals surface area contributed by atoms with Crippen LogP contribution in [0.1, 0.15) is 15.6 Å². The van der Waals surface area contributed by atoms with Crippen molar-refractivity contribution in [1.29, 1.82) is 0 Å². The summed E-state index contributed by atoms with van der Waals surface area (Å²) in [5.41, 5.74) is 0. The average molecular weight is 118 g/mol. The van der Waals surface area contributed by atoms with Crippen molar-refractivity contribution in [3.63, 3.8) is 0 Å². The molecule has 1 heterocycles. The molecule has 1 aliphatic rings. The van der Waals surface area contributed by atoms with E-state index >= 15 is 0 Å². The molecular weight excluding hydrogens is 107 g/mol. The van der Waals surface area contributed by atoms with Crippen LogP contribution in [0.3, 0.4) is 0 Å². The fraction of sp³-hybridized carbons (Fsp3) is 0.800. The summed E-state index contributed by atoms with van der Waals surface area (Å²) in [7, 11) is 0. The second-order valence-corrected chi connectivity index (χ2v) is 1.75. The van der Waals surface area contributed by atoms with Crippen LogP contribution >= 0.6 is 0 Å². The van der Waals surface area contributed by atoms with Crippen LogP contribution in [0.4, 0.5) is 0 Å². The molecule has 0 spiro atoms. The lowest BCUT2D eigenvalue weighted by Gasteiger charge is -1.99. The van der Waals surface area contributed by atoms with E-state index in [9.17, 15) is 4.79 Å². The van der Waals surface area contributed by atoms with Crippen LogP contribution in [0.5, 0.6) is 0 Å². The second kappa shape index (κ2) is 2.13. The number of hydrogen-bond donors (Lipinski definition) is 2. The Balaban J connectivity index is 2.51. The number of carboxylic acid groups (broad SMARTS) is 1. The van der Waals surface area contributed by atoms with Crippen molar-refractivity contribution in [3.05, 3.63) is 0 Å². The number of hydrogen-bond acceptors (Lipinski definition) is 2. The topological polar surface area (TPSA) is 49.3 Å². The highest BCUT2D eigenvalue weighted by Crippen LogP contribution is 2.03. The molecule has 0 bridgehead atoms. The fourth-order valence-corrected chi connectivity index (χ4v) is 0.669. The van der Waals surface area contributed by atoms with Gasteiger partial charge in [-0.15, -0.1) is 0 Å². The van der Waals surface area contributed by atoms with Gasteiger partial charge in [-0.05, 0) is 19.3 Å². The predicted octanol–water partition coefficient (Wildman–Crippen LogP) is -0.177. The van der Waals surface area contributed by atoms with Gasteiger partial charge in [-0.2, -0.15) is 0 Å². The summed E-state index contributed by atoms with van der Waals surface area (Å²) in [4.78, 5) is 10.3. The van der Waals surface area contributed by atoms with Gasteiger partial charge in [0.15, 0.2) is 0 Å². The normalized spacial score (nSPS) is 38.2. The van der Waals surface area contributed by atoms with E-state index in [-0.39, 0.29) is 6.42 Å². The number of carboxylic acids is 1. The van der Waals surface area contributed by atoms with E-state index in [0.29, 0.717) is 6.42 Å². The first-order valence-corrected chi connectivity index (χ1v) is 2.52. The Morgan fingerprint density at radius 1 is 2.00 bits per heavy atom. The van der Waals surface area contributed by atoms with Gasteiger partial charge in [0.1, 0.15) is 6.04 Å². The number of carbonyl (C=O) groups is 1. The zero-order valence-corrected chi connectivity index (χ0v) is 4.35. The van der Waals surface area contributed by atoms with Crippen molar-refractivity contribution in [2.75, 3.05) is 6.50 Å². The van der Waals surface area contributed by atoms with Crippen LogP contribution in [0.25, 0.3) is 0 Å². The highest BCUT2D eigenvalue weighted by Gasteiger charge is 2.20. The molecule has 0 amide bonds. The third-order valence-electron chi connectivity index (χ3n) is 1.13. The molecule has 1 fully saturated rings. The molecule has 3 nitrogen and oxygen atoms in total. The maximum absolute atomic E-state index is 10.3. The maximum Gasteiger partial charge on any atom is 0.320 e. The third kappa shape index (κ3) is 0.980. The van der Waals surface area contributed by atoms with Crippen molar-refractivity contribution in [2.45, 2.75) is 18.9 Å². The van der Waals surface area contributed by atoms with E-state index < -0.39 is 18.5 Å². The fourth-order valence-electron chi connectivity index (χ4n) is 0.669. The monoisotopic (exact) mass is 118 g/mol. The van der Waals surface area contributed by atoms with Crippen molar-refractivity contribution < 1.29 is 12.6 Å². The molecule has 0 saturated carbocycles. The molecule has 0 aromatic heterocycles. The molecule has 46 valence electrons. The Morgan fingerprint density at radius 3 is 3.00 bits per heavy atom. The highest BCUT2D eigenvalue weighted by atomic mass is 16.4. The first kappa shape index (κ1) is 3.45. The second-order valence-electron chi connectivity index (χ2n) is 1.75. The van der Waals surface area contributed by atoms with Gasteiger partial charge in [-0.3, -0.25) is 4.79 Å². The molecule has 0 unspecified atom stereocenters. The van der Waals surface area contributed by atoms with E-state index in [1.165, 1.54) is 0 Å². The molecule has 0 aliphatic carbocycles. The molecule has 0 aromatic rings. The number of nitrogens with one attached hydrogen (secondary N) is 1. The summed E-state index contributed by atoms with van der Waals surface area (Å²) in [6.45, 7) is -1.48. The van der Waals surface area contributed by atoms with Gasteiger partial charge in [-0.25, -0.2) is 0 Å². The molecule has 3 heteroatoms. The molecule has 1 rings (SSSR count). The Morgan fingerprint density at radius 2 is 2.75 bits per heavy atom. The lowest BCUT2D eigenvalue weighted by molar-refractivity contribution is -0.139. The Labute approximate surface area is 50.5 Å². The Hall–Kier alpha value is -0.570. The van der Waals surface area contributed by atoms with Crippen LogP contribution in [0.2, 0.25) is 0 Å². The minimum absolute atomic E-state index is 0.282. The molecular formula is C5H9NO2.